The number of aryl methyl sites for hydroxylation is 1. The van der Waals surface area contributed by atoms with Gasteiger partial charge in [-0.2, -0.15) is 18.3 Å². The maximum Gasteiger partial charge on any atom is 0.416 e. The van der Waals surface area contributed by atoms with E-state index in [-0.39, 0.29) is 0 Å². The Balaban J connectivity index is 1.93. The van der Waals surface area contributed by atoms with Gasteiger partial charge >= 0.3 is 6.18 Å². The number of nitrogens with zero attached hydrogens (tertiary/aromatic N) is 3. The zero-order valence-corrected chi connectivity index (χ0v) is 12.7. The Labute approximate surface area is 127 Å². The highest BCUT2D eigenvalue weighted by molar-refractivity contribution is 14.1. The normalized spacial score (nSPS) is 14.8. The first kappa shape index (κ1) is 13.7. The molecule has 1 aliphatic heterocycles. The minimum Gasteiger partial charge on any atom is -0.347 e. The summed E-state index contributed by atoms with van der Waals surface area (Å²) in [5, 5.41) is 4.17. The van der Waals surface area contributed by atoms with Crippen molar-refractivity contribution in [3.8, 4) is 0 Å². The highest BCUT2D eigenvalue weighted by atomic mass is 127. The van der Waals surface area contributed by atoms with E-state index in [9.17, 15) is 13.2 Å². The van der Waals surface area contributed by atoms with E-state index in [1.807, 2.05) is 11.9 Å². The van der Waals surface area contributed by atoms with Crippen LogP contribution in [-0.4, -0.2) is 9.78 Å². The number of alkyl halides is 3. The highest BCUT2D eigenvalue weighted by Crippen LogP contribution is 2.35. The van der Waals surface area contributed by atoms with Gasteiger partial charge in [0.25, 0.3) is 0 Å². The van der Waals surface area contributed by atoms with E-state index >= 15 is 0 Å². The molecular weight excluding hydrogens is 382 g/mol. The summed E-state index contributed by atoms with van der Waals surface area (Å²) in [5.74, 6) is 0.940. The van der Waals surface area contributed by atoms with Crippen molar-refractivity contribution in [1.29, 1.82) is 0 Å². The molecule has 0 spiro atoms. The lowest BCUT2D eigenvalue weighted by Gasteiger charge is -2.18. The third-order valence-corrected chi connectivity index (χ3v) is 4.18. The maximum atomic E-state index is 12.7. The zero-order chi connectivity index (χ0) is 14.5. The summed E-state index contributed by atoms with van der Waals surface area (Å²) in [5.41, 5.74) is 1.09. The number of hydrogen-bond donors (Lipinski definition) is 0. The van der Waals surface area contributed by atoms with Crippen molar-refractivity contribution in [3.63, 3.8) is 0 Å². The van der Waals surface area contributed by atoms with Crippen LogP contribution in [0, 0.1) is 3.57 Å². The molecule has 0 atom stereocenters. The number of halogens is 4. The molecule has 3 rings (SSSR count). The first-order valence-corrected chi connectivity index (χ1v) is 7.05. The fourth-order valence-corrected chi connectivity index (χ4v) is 3.30. The molecule has 20 heavy (non-hydrogen) atoms. The second kappa shape index (κ2) is 4.64. The zero-order valence-electron chi connectivity index (χ0n) is 10.6. The van der Waals surface area contributed by atoms with Gasteiger partial charge in [0.15, 0.2) is 0 Å². The van der Waals surface area contributed by atoms with Crippen LogP contribution in [0.3, 0.4) is 0 Å². The Bertz CT molecular complexity index is 644. The Kier molecular flexibility index (Phi) is 3.19. The standard InChI is InChI=1S/C13H11F3IN3/c1-19-12(11(17)5-18-19)20-6-8-2-3-10(13(14,15)16)4-9(8)7-20/h2-5H,6-7H2,1H3. The van der Waals surface area contributed by atoms with Gasteiger partial charge in [0.05, 0.1) is 15.3 Å². The first-order chi connectivity index (χ1) is 9.36. The average molecular weight is 393 g/mol. The fraction of sp³-hybridized carbons (Fsp3) is 0.308. The van der Waals surface area contributed by atoms with Gasteiger partial charge in [-0.15, -0.1) is 0 Å². The lowest BCUT2D eigenvalue weighted by atomic mass is 10.1. The summed E-state index contributed by atoms with van der Waals surface area (Å²) in [6, 6.07) is 3.97. The molecular formula is C13H11F3IN3. The minimum absolute atomic E-state index is 0.481. The number of anilines is 1. The number of rotatable bonds is 1. The first-order valence-electron chi connectivity index (χ1n) is 5.97. The fourth-order valence-electron chi connectivity index (χ4n) is 2.48. The lowest BCUT2D eigenvalue weighted by molar-refractivity contribution is -0.137. The van der Waals surface area contributed by atoms with Crippen LogP contribution < -0.4 is 4.90 Å². The van der Waals surface area contributed by atoms with E-state index in [0.29, 0.717) is 13.1 Å². The average Bonchev–Trinajstić information content (AvgIpc) is 2.90. The molecule has 0 saturated carbocycles. The van der Waals surface area contributed by atoms with Crippen LogP contribution in [0.2, 0.25) is 0 Å². The molecule has 0 aliphatic carbocycles. The topological polar surface area (TPSA) is 21.1 Å². The minimum atomic E-state index is -4.29. The molecule has 0 unspecified atom stereocenters. The molecule has 0 radical (unpaired) electrons. The van der Waals surface area contributed by atoms with Crippen molar-refractivity contribution in [2.45, 2.75) is 19.3 Å². The Hall–Kier alpha value is -1.25. The summed E-state index contributed by atoms with van der Waals surface area (Å²) < 4.78 is 40.9. The molecule has 1 aliphatic rings. The second-order valence-electron chi connectivity index (χ2n) is 4.78. The molecule has 1 aromatic heterocycles. The molecule has 106 valence electrons. The van der Waals surface area contributed by atoms with E-state index in [2.05, 4.69) is 27.7 Å². The van der Waals surface area contributed by atoms with Gasteiger partial charge in [0.2, 0.25) is 0 Å². The molecule has 0 saturated heterocycles. The number of hydrogen-bond acceptors (Lipinski definition) is 2. The molecule has 0 fully saturated rings. The van der Waals surface area contributed by atoms with Gasteiger partial charge in [0, 0.05) is 20.1 Å². The number of fused-ring (bicyclic) bond motifs is 1. The van der Waals surface area contributed by atoms with E-state index in [1.54, 1.807) is 16.9 Å². The van der Waals surface area contributed by atoms with Gasteiger partial charge in [-0.3, -0.25) is 4.68 Å². The molecule has 2 aromatic rings. The van der Waals surface area contributed by atoms with Crippen LogP contribution in [0.1, 0.15) is 16.7 Å². The molecule has 7 heteroatoms. The van der Waals surface area contributed by atoms with Crippen LogP contribution in [0.5, 0.6) is 0 Å². The molecule has 0 bridgehead atoms. The SMILES string of the molecule is Cn1ncc(I)c1N1Cc2ccc(C(F)(F)F)cc2C1. The smallest absolute Gasteiger partial charge is 0.347 e. The predicted octanol–water partition coefficient (Wildman–Crippen LogP) is 3.56. The van der Waals surface area contributed by atoms with E-state index in [4.69, 9.17) is 0 Å². The van der Waals surface area contributed by atoms with Crippen LogP contribution in [-0.2, 0) is 26.3 Å². The lowest BCUT2D eigenvalue weighted by Crippen LogP contribution is -2.18. The van der Waals surface area contributed by atoms with Crippen molar-refractivity contribution in [2.24, 2.45) is 7.05 Å². The Morgan fingerprint density at radius 3 is 2.50 bits per heavy atom. The molecule has 0 N–H and O–H groups in total. The summed E-state index contributed by atoms with van der Waals surface area (Å²) in [6.45, 7) is 1.10. The van der Waals surface area contributed by atoms with E-state index < -0.39 is 11.7 Å². The summed E-state index contributed by atoms with van der Waals surface area (Å²) in [7, 11) is 1.83. The summed E-state index contributed by atoms with van der Waals surface area (Å²) in [4.78, 5) is 2.04. The molecule has 3 nitrogen and oxygen atoms in total. The van der Waals surface area contributed by atoms with Crippen molar-refractivity contribution in [2.75, 3.05) is 4.90 Å². The maximum absolute atomic E-state index is 12.7. The van der Waals surface area contributed by atoms with E-state index in [0.717, 1.165) is 26.6 Å². The molecule has 2 heterocycles. The van der Waals surface area contributed by atoms with Gasteiger partial charge in [0.1, 0.15) is 5.82 Å². The number of benzene rings is 1. The third kappa shape index (κ3) is 2.27. The number of aromatic nitrogens is 2. The third-order valence-electron chi connectivity index (χ3n) is 3.42. The van der Waals surface area contributed by atoms with Gasteiger partial charge in [-0.05, 0) is 45.9 Å². The van der Waals surface area contributed by atoms with Gasteiger partial charge < -0.3 is 4.90 Å². The molecule has 0 amide bonds. The largest absolute Gasteiger partial charge is 0.416 e. The van der Waals surface area contributed by atoms with Crippen molar-refractivity contribution >= 4 is 28.4 Å². The van der Waals surface area contributed by atoms with Crippen molar-refractivity contribution in [1.82, 2.24) is 9.78 Å². The van der Waals surface area contributed by atoms with Crippen molar-refractivity contribution < 1.29 is 13.2 Å². The van der Waals surface area contributed by atoms with E-state index in [1.165, 1.54) is 6.07 Å². The molecule has 1 aromatic carbocycles. The van der Waals surface area contributed by atoms with Crippen LogP contribution in [0.4, 0.5) is 19.0 Å². The Morgan fingerprint density at radius 1 is 1.20 bits per heavy atom. The second-order valence-corrected chi connectivity index (χ2v) is 5.94. The van der Waals surface area contributed by atoms with Crippen LogP contribution >= 0.6 is 22.6 Å². The predicted molar refractivity (Wildman–Crippen MR) is 77.3 cm³/mol. The van der Waals surface area contributed by atoms with Crippen molar-refractivity contribution in [3.05, 3.63) is 44.7 Å². The van der Waals surface area contributed by atoms with Crippen LogP contribution in [0.25, 0.3) is 0 Å². The quantitative estimate of drug-likeness (QED) is 0.691. The van der Waals surface area contributed by atoms with Crippen LogP contribution in [0.15, 0.2) is 24.4 Å². The summed E-state index contributed by atoms with van der Waals surface area (Å²) in [6.07, 6.45) is -2.54. The monoisotopic (exact) mass is 393 g/mol. The highest BCUT2D eigenvalue weighted by Gasteiger charge is 2.32. The van der Waals surface area contributed by atoms with Gasteiger partial charge in [-0.1, -0.05) is 6.07 Å². The summed E-state index contributed by atoms with van der Waals surface area (Å²) >= 11 is 2.18. The Morgan fingerprint density at radius 2 is 1.90 bits per heavy atom. The van der Waals surface area contributed by atoms with Gasteiger partial charge in [-0.25, -0.2) is 0 Å².